The smallest absolute Gasteiger partial charge is 0.310 e. The van der Waals surface area contributed by atoms with E-state index in [2.05, 4.69) is 5.32 Å². The minimum absolute atomic E-state index is 0.173. The SMILES string of the molecule is O=C(O)[C@@H]1[C@H](C(=O)Nc2ccc(F)cc2F)[C@H]2CC[C@@H]1O2. The van der Waals surface area contributed by atoms with Crippen LogP contribution >= 0.6 is 0 Å². The molecule has 0 aromatic heterocycles. The first-order chi connectivity index (χ1) is 9.97. The van der Waals surface area contributed by atoms with Gasteiger partial charge in [-0.1, -0.05) is 0 Å². The third-order valence-corrected chi connectivity index (χ3v) is 4.05. The van der Waals surface area contributed by atoms with Gasteiger partial charge in [0.2, 0.25) is 5.91 Å². The van der Waals surface area contributed by atoms with Crippen LogP contribution in [0.4, 0.5) is 14.5 Å². The number of halogens is 2. The van der Waals surface area contributed by atoms with E-state index in [1.165, 1.54) is 0 Å². The van der Waals surface area contributed by atoms with Crippen LogP contribution in [-0.2, 0) is 14.3 Å². The lowest BCUT2D eigenvalue weighted by Crippen LogP contribution is -2.41. The van der Waals surface area contributed by atoms with Crippen molar-refractivity contribution in [3.05, 3.63) is 29.8 Å². The lowest BCUT2D eigenvalue weighted by Gasteiger charge is -2.23. The van der Waals surface area contributed by atoms with Crippen LogP contribution in [0, 0.1) is 23.5 Å². The highest BCUT2D eigenvalue weighted by Gasteiger charge is 2.55. The van der Waals surface area contributed by atoms with Gasteiger partial charge in [0.05, 0.1) is 29.7 Å². The van der Waals surface area contributed by atoms with Crippen molar-refractivity contribution in [2.45, 2.75) is 25.0 Å². The van der Waals surface area contributed by atoms with E-state index >= 15 is 0 Å². The molecule has 2 fully saturated rings. The summed E-state index contributed by atoms with van der Waals surface area (Å²) in [5, 5.41) is 11.6. The van der Waals surface area contributed by atoms with Crippen LogP contribution in [-0.4, -0.2) is 29.2 Å². The molecule has 4 atom stereocenters. The van der Waals surface area contributed by atoms with Gasteiger partial charge in [0, 0.05) is 6.07 Å². The van der Waals surface area contributed by atoms with Gasteiger partial charge in [0.25, 0.3) is 0 Å². The Bertz CT molecular complexity index is 607. The zero-order valence-corrected chi connectivity index (χ0v) is 10.9. The van der Waals surface area contributed by atoms with Crippen molar-refractivity contribution < 1.29 is 28.2 Å². The van der Waals surface area contributed by atoms with Gasteiger partial charge >= 0.3 is 5.97 Å². The van der Waals surface area contributed by atoms with E-state index in [1.54, 1.807) is 0 Å². The van der Waals surface area contributed by atoms with E-state index in [1.807, 2.05) is 0 Å². The Balaban J connectivity index is 1.80. The number of carbonyl (C=O) groups excluding carboxylic acids is 1. The molecule has 2 heterocycles. The van der Waals surface area contributed by atoms with Gasteiger partial charge in [-0.2, -0.15) is 0 Å². The molecule has 2 N–H and O–H groups in total. The van der Waals surface area contributed by atoms with Crippen molar-refractivity contribution in [3.8, 4) is 0 Å². The number of carboxylic acids is 1. The van der Waals surface area contributed by atoms with E-state index < -0.39 is 47.6 Å². The molecule has 7 heteroatoms. The second kappa shape index (κ2) is 5.07. The molecular formula is C14H13F2NO4. The Kier molecular flexibility index (Phi) is 3.36. The number of fused-ring (bicyclic) bond motifs is 2. The second-order valence-electron chi connectivity index (χ2n) is 5.29. The maximum atomic E-state index is 13.5. The lowest BCUT2D eigenvalue weighted by atomic mass is 9.78. The number of anilines is 1. The number of benzene rings is 1. The Morgan fingerprint density at radius 2 is 1.86 bits per heavy atom. The van der Waals surface area contributed by atoms with Crippen LogP contribution in [0.3, 0.4) is 0 Å². The molecular weight excluding hydrogens is 284 g/mol. The summed E-state index contributed by atoms with van der Waals surface area (Å²) in [4.78, 5) is 23.5. The number of amides is 1. The van der Waals surface area contributed by atoms with Gasteiger partial charge in [-0.15, -0.1) is 0 Å². The number of nitrogens with one attached hydrogen (secondary N) is 1. The van der Waals surface area contributed by atoms with Crippen molar-refractivity contribution in [1.29, 1.82) is 0 Å². The molecule has 3 rings (SSSR count). The molecule has 2 aliphatic heterocycles. The van der Waals surface area contributed by atoms with Gasteiger partial charge in [-0.05, 0) is 25.0 Å². The fraction of sp³-hybridized carbons (Fsp3) is 0.429. The summed E-state index contributed by atoms with van der Waals surface area (Å²) in [6.45, 7) is 0. The van der Waals surface area contributed by atoms with Crippen LogP contribution in [0.25, 0.3) is 0 Å². The van der Waals surface area contributed by atoms with Gasteiger partial charge in [-0.25, -0.2) is 8.78 Å². The van der Waals surface area contributed by atoms with Crippen LogP contribution in [0.15, 0.2) is 18.2 Å². The Hall–Kier alpha value is -2.02. The molecule has 0 unspecified atom stereocenters. The summed E-state index contributed by atoms with van der Waals surface area (Å²) in [6.07, 6.45) is 0.287. The predicted octanol–water partition coefficient (Wildman–Crippen LogP) is 1.78. The normalized spacial score (nSPS) is 30.4. The topological polar surface area (TPSA) is 75.6 Å². The van der Waals surface area contributed by atoms with Crippen molar-refractivity contribution in [1.82, 2.24) is 0 Å². The summed E-state index contributed by atoms with van der Waals surface area (Å²) in [6, 6.07) is 2.78. The lowest BCUT2D eigenvalue weighted by molar-refractivity contribution is -0.147. The van der Waals surface area contributed by atoms with Crippen molar-refractivity contribution >= 4 is 17.6 Å². The van der Waals surface area contributed by atoms with E-state index in [0.29, 0.717) is 18.9 Å². The molecule has 5 nitrogen and oxygen atoms in total. The fourth-order valence-corrected chi connectivity index (χ4v) is 3.13. The molecule has 2 aliphatic rings. The summed E-state index contributed by atoms with van der Waals surface area (Å²) in [7, 11) is 0. The summed E-state index contributed by atoms with van der Waals surface area (Å²) >= 11 is 0. The third-order valence-electron chi connectivity index (χ3n) is 4.05. The largest absolute Gasteiger partial charge is 0.481 e. The number of carboxylic acid groups (broad SMARTS) is 1. The summed E-state index contributed by atoms with van der Waals surface area (Å²) < 4.78 is 31.8. The first-order valence-corrected chi connectivity index (χ1v) is 6.61. The maximum Gasteiger partial charge on any atom is 0.310 e. The van der Waals surface area contributed by atoms with Crippen molar-refractivity contribution in [3.63, 3.8) is 0 Å². The molecule has 0 spiro atoms. The van der Waals surface area contributed by atoms with Crippen LogP contribution in [0.1, 0.15) is 12.8 Å². The molecule has 1 aromatic rings. The standard InChI is InChI=1S/C14H13F2NO4/c15-6-1-2-8(7(16)5-6)17-13(18)11-9-3-4-10(21-9)12(11)14(19)20/h1-2,5,9-12H,3-4H2,(H,17,18)(H,19,20)/t9-,10+,11-,12+/m1/s1. The third kappa shape index (κ3) is 2.37. The van der Waals surface area contributed by atoms with Crippen molar-refractivity contribution in [2.75, 3.05) is 5.32 Å². The zero-order valence-electron chi connectivity index (χ0n) is 10.9. The molecule has 112 valence electrons. The summed E-state index contributed by atoms with van der Waals surface area (Å²) in [5.41, 5.74) is -0.173. The van der Waals surface area contributed by atoms with Gasteiger partial charge in [-0.3, -0.25) is 9.59 Å². The maximum absolute atomic E-state index is 13.5. The number of aliphatic carboxylic acids is 1. The predicted molar refractivity (Wildman–Crippen MR) is 67.5 cm³/mol. The van der Waals surface area contributed by atoms with Crippen LogP contribution in [0.2, 0.25) is 0 Å². The van der Waals surface area contributed by atoms with E-state index in [9.17, 15) is 23.5 Å². The van der Waals surface area contributed by atoms with E-state index in [4.69, 9.17) is 4.74 Å². The van der Waals surface area contributed by atoms with Gasteiger partial charge < -0.3 is 15.2 Å². The molecule has 0 saturated carbocycles. The van der Waals surface area contributed by atoms with Crippen LogP contribution in [0.5, 0.6) is 0 Å². The highest BCUT2D eigenvalue weighted by molar-refractivity contribution is 5.96. The first kappa shape index (κ1) is 13.9. The molecule has 21 heavy (non-hydrogen) atoms. The average Bonchev–Trinajstić information content (AvgIpc) is 3.02. The summed E-state index contributed by atoms with van der Waals surface area (Å²) in [5.74, 6) is -5.14. The minimum atomic E-state index is -1.10. The number of rotatable bonds is 3. The number of carbonyl (C=O) groups is 2. The minimum Gasteiger partial charge on any atom is -0.481 e. The fourth-order valence-electron chi connectivity index (χ4n) is 3.13. The molecule has 1 aromatic carbocycles. The Morgan fingerprint density at radius 3 is 2.48 bits per heavy atom. The average molecular weight is 297 g/mol. The van der Waals surface area contributed by atoms with Gasteiger partial charge in [0.1, 0.15) is 11.6 Å². The van der Waals surface area contributed by atoms with E-state index in [0.717, 1.165) is 12.1 Å². The number of ether oxygens (including phenoxy) is 1. The second-order valence-corrected chi connectivity index (χ2v) is 5.29. The molecule has 0 aliphatic carbocycles. The Morgan fingerprint density at radius 1 is 1.19 bits per heavy atom. The van der Waals surface area contributed by atoms with Crippen molar-refractivity contribution in [2.24, 2.45) is 11.8 Å². The molecule has 0 radical (unpaired) electrons. The number of hydrogen-bond acceptors (Lipinski definition) is 3. The first-order valence-electron chi connectivity index (χ1n) is 6.61. The Labute approximate surface area is 118 Å². The molecule has 2 bridgehead atoms. The van der Waals surface area contributed by atoms with Crippen LogP contribution < -0.4 is 5.32 Å². The highest BCUT2D eigenvalue weighted by Crippen LogP contribution is 2.44. The molecule has 2 saturated heterocycles. The molecule has 1 amide bonds. The zero-order chi connectivity index (χ0) is 15.1. The number of hydrogen-bond donors (Lipinski definition) is 2. The highest BCUT2D eigenvalue weighted by atomic mass is 19.1. The monoisotopic (exact) mass is 297 g/mol. The van der Waals surface area contributed by atoms with E-state index in [-0.39, 0.29) is 5.69 Å². The van der Waals surface area contributed by atoms with Gasteiger partial charge in [0.15, 0.2) is 0 Å². The quantitative estimate of drug-likeness (QED) is 0.891.